The molecule has 5 heteroatoms. The Labute approximate surface area is 88.1 Å². The summed E-state index contributed by atoms with van der Waals surface area (Å²) in [5.74, 6) is -0.497. The van der Waals surface area contributed by atoms with E-state index < -0.39 is 5.97 Å². The van der Waals surface area contributed by atoms with Gasteiger partial charge in [-0.3, -0.25) is 0 Å². The average molecular weight is 210 g/mol. The van der Waals surface area contributed by atoms with Gasteiger partial charge in [0.2, 0.25) is 0 Å². The van der Waals surface area contributed by atoms with E-state index in [2.05, 4.69) is 15.0 Å². The van der Waals surface area contributed by atoms with Crippen LogP contribution in [0.4, 0.5) is 5.69 Å². The fourth-order valence-corrected chi connectivity index (χ4v) is 1.09. The molecular weight excluding hydrogens is 196 g/mol. The molecule has 1 rings (SSSR count). The summed E-state index contributed by atoms with van der Waals surface area (Å²) in [4.78, 5) is 15.2. The van der Waals surface area contributed by atoms with Crippen LogP contribution in [0, 0.1) is 0 Å². The zero-order valence-corrected chi connectivity index (χ0v) is 8.73. The molecule has 0 bridgehead atoms. The van der Waals surface area contributed by atoms with Crippen LogP contribution in [0.1, 0.15) is 17.4 Å². The molecule has 0 aromatic carbocycles. The van der Waals surface area contributed by atoms with Gasteiger partial charge in [0.15, 0.2) is 5.69 Å². The Hall–Kier alpha value is -1.62. The maximum Gasteiger partial charge on any atom is 0.358 e. The van der Waals surface area contributed by atoms with Crippen LogP contribution < -0.4 is 5.32 Å². The number of carbonyl (C=O) groups is 1. The molecule has 5 nitrogen and oxygen atoms in total. The fourth-order valence-electron chi connectivity index (χ4n) is 1.09. The monoisotopic (exact) mass is 210 g/mol. The van der Waals surface area contributed by atoms with Crippen LogP contribution in [-0.2, 0) is 4.74 Å². The van der Waals surface area contributed by atoms with E-state index in [1.807, 2.05) is 0 Å². The maximum absolute atomic E-state index is 11.3. The molecule has 0 fully saturated rings. The first kappa shape index (κ1) is 11.5. The number of pyridine rings is 1. The third-order valence-electron chi connectivity index (χ3n) is 1.86. The number of aromatic nitrogens is 1. The molecule has 0 spiro atoms. The molecule has 1 aromatic rings. The number of rotatable bonds is 4. The normalized spacial score (nSPS) is 11.9. The van der Waals surface area contributed by atoms with E-state index in [1.165, 1.54) is 13.3 Å². The number of nitrogens with zero attached hydrogens (tertiary/aromatic N) is 1. The predicted molar refractivity (Wildman–Crippen MR) is 55.7 cm³/mol. The van der Waals surface area contributed by atoms with Crippen LogP contribution in [0.25, 0.3) is 0 Å². The minimum absolute atomic E-state index is 0.0183. The molecule has 0 amide bonds. The van der Waals surface area contributed by atoms with Crippen molar-refractivity contribution in [1.29, 1.82) is 0 Å². The molecule has 0 unspecified atom stereocenters. The summed E-state index contributed by atoms with van der Waals surface area (Å²) in [5.41, 5.74) is 0.784. The lowest BCUT2D eigenvalue weighted by Gasteiger charge is -2.14. The van der Waals surface area contributed by atoms with E-state index in [-0.39, 0.29) is 18.3 Å². The Morgan fingerprint density at radius 2 is 2.47 bits per heavy atom. The van der Waals surface area contributed by atoms with Gasteiger partial charge in [-0.15, -0.1) is 0 Å². The zero-order chi connectivity index (χ0) is 11.3. The number of nitrogens with one attached hydrogen (secondary N) is 1. The summed E-state index contributed by atoms with van der Waals surface area (Å²) in [7, 11) is 1.30. The summed E-state index contributed by atoms with van der Waals surface area (Å²) in [6, 6.07) is 3.28. The van der Waals surface area contributed by atoms with Crippen molar-refractivity contribution in [3.05, 3.63) is 24.0 Å². The Morgan fingerprint density at radius 3 is 3.07 bits per heavy atom. The highest BCUT2D eigenvalue weighted by atomic mass is 16.5. The van der Waals surface area contributed by atoms with Crippen molar-refractivity contribution in [2.75, 3.05) is 19.0 Å². The van der Waals surface area contributed by atoms with Crippen molar-refractivity contribution < 1.29 is 14.6 Å². The standard InChI is InChI=1S/C10H14N2O3/c1-7(6-13)12-8-4-3-5-11-9(8)10(14)15-2/h3-5,7,12-13H,6H2,1-2H3/t7-/m0/s1. The smallest absolute Gasteiger partial charge is 0.358 e. The van der Waals surface area contributed by atoms with E-state index >= 15 is 0 Å². The van der Waals surface area contributed by atoms with Gasteiger partial charge in [-0.05, 0) is 19.1 Å². The van der Waals surface area contributed by atoms with Crippen molar-refractivity contribution in [3.63, 3.8) is 0 Å². The molecule has 1 atom stereocenters. The van der Waals surface area contributed by atoms with E-state index in [1.54, 1.807) is 19.1 Å². The first-order valence-corrected chi connectivity index (χ1v) is 4.59. The molecule has 0 aliphatic carbocycles. The molecule has 0 radical (unpaired) electrons. The molecule has 82 valence electrons. The molecule has 0 saturated carbocycles. The minimum Gasteiger partial charge on any atom is -0.464 e. The van der Waals surface area contributed by atoms with Gasteiger partial charge >= 0.3 is 5.97 Å². The number of carbonyl (C=O) groups excluding carboxylic acids is 1. The summed E-state index contributed by atoms with van der Waals surface area (Å²) < 4.78 is 4.59. The van der Waals surface area contributed by atoms with Crippen molar-refractivity contribution in [2.24, 2.45) is 0 Å². The second-order valence-electron chi connectivity index (χ2n) is 3.12. The van der Waals surface area contributed by atoms with Crippen LogP contribution in [0.5, 0.6) is 0 Å². The molecule has 1 aromatic heterocycles. The van der Waals surface area contributed by atoms with Gasteiger partial charge in [0.1, 0.15) is 0 Å². The van der Waals surface area contributed by atoms with Crippen LogP contribution in [0.3, 0.4) is 0 Å². The summed E-state index contributed by atoms with van der Waals surface area (Å²) in [6.07, 6.45) is 1.51. The topological polar surface area (TPSA) is 71.5 Å². The number of hydrogen-bond acceptors (Lipinski definition) is 5. The van der Waals surface area contributed by atoms with Gasteiger partial charge in [-0.25, -0.2) is 9.78 Å². The van der Waals surface area contributed by atoms with Gasteiger partial charge in [-0.2, -0.15) is 0 Å². The Kier molecular flexibility index (Phi) is 4.05. The maximum atomic E-state index is 11.3. The van der Waals surface area contributed by atoms with Crippen molar-refractivity contribution in [1.82, 2.24) is 4.98 Å². The fraction of sp³-hybridized carbons (Fsp3) is 0.400. The lowest BCUT2D eigenvalue weighted by Crippen LogP contribution is -2.21. The highest BCUT2D eigenvalue weighted by molar-refractivity contribution is 5.93. The average Bonchev–Trinajstić information content (AvgIpc) is 2.28. The number of anilines is 1. The second-order valence-corrected chi connectivity index (χ2v) is 3.12. The van der Waals surface area contributed by atoms with Gasteiger partial charge in [-0.1, -0.05) is 0 Å². The number of aliphatic hydroxyl groups is 1. The zero-order valence-electron chi connectivity index (χ0n) is 8.73. The quantitative estimate of drug-likeness (QED) is 0.714. The molecule has 2 N–H and O–H groups in total. The number of esters is 1. The number of ether oxygens (including phenoxy) is 1. The van der Waals surface area contributed by atoms with Crippen LogP contribution in [-0.4, -0.2) is 35.8 Å². The third kappa shape index (κ3) is 2.92. The van der Waals surface area contributed by atoms with Gasteiger partial charge in [0.05, 0.1) is 19.4 Å². The Bertz CT molecular complexity index is 341. The van der Waals surface area contributed by atoms with Crippen LogP contribution in [0.15, 0.2) is 18.3 Å². The summed E-state index contributed by atoms with van der Waals surface area (Å²) in [6.45, 7) is 1.78. The summed E-state index contributed by atoms with van der Waals surface area (Å²) >= 11 is 0. The van der Waals surface area contributed by atoms with E-state index in [4.69, 9.17) is 5.11 Å². The number of methoxy groups -OCH3 is 1. The Balaban J connectivity index is 2.91. The SMILES string of the molecule is COC(=O)c1ncccc1N[C@@H](C)CO. The lowest BCUT2D eigenvalue weighted by molar-refractivity contribution is 0.0595. The highest BCUT2D eigenvalue weighted by Crippen LogP contribution is 2.14. The molecule has 0 saturated heterocycles. The van der Waals surface area contributed by atoms with Gasteiger partial charge < -0.3 is 15.2 Å². The lowest BCUT2D eigenvalue weighted by atomic mass is 10.2. The number of hydrogen-bond donors (Lipinski definition) is 2. The molecule has 0 aliphatic heterocycles. The minimum atomic E-state index is -0.497. The van der Waals surface area contributed by atoms with Crippen molar-refractivity contribution in [2.45, 2.75) is 13.0 Å². The Morgan fingerprint density at radius 1 is 1.73 bits per heavy atom. The molecule has 15 heavy (non-hydrogen) atoms. The van der Waals surface area contributed by atoms with Gasteiger partial charge in [0, 0.05) is 12.2 Å². The van der Waals surface area contributed by atoms with E-state index in [9.17, 15) is 4.79 Å². The second kappa shape index (κ2) is 5.31. The van der Waals surface area contributed by atoms with E-state index in [0.29, 0.717) is 5.69 Å². The first-order chi connectivity index (χ1) is 7.19. The molecular formula is C10H14N2O3. The first-order valence-electron chi connectivity index (χ1n) is 4.59. The van der Waals surface area contributed by atoms with Crippen molar-refractivity contribution >= 4 is 11.7 Å². The summed E-state index contributed by atoms with van der Waals surface area (Å²) in [5, 5.41) is 11.8. The van der Waals surface area contributed by atoms with Crippen LogP contribution in [0.2, 0.25) is 0 Å². The van der Waals surface area contributed by atoms with Gasteiger partial charge in [0.25, 0.3) is 0 Å². The van der Waals surface area contributed by atoms with Crippen molar-refractivity contribution in [3.8, 4) is 0 Å². The van der Waals surface area contributed by atoms with E-state index in [0.717, 1.165) is 0 Å². The highest BCUT2D eigenvalue weighted by Gasteiger charge is 2.13. The predicted octanol–water partition coefficient (Wildman–Crippen LogP) is 0.661. The molecule has 1 heterocycles. The number of aliphatic hydroxyl groups excluding tert-OH is 1. The third-order valence-corrected chi connectivity index (χ3v) is 1.86. The molecule has 0 aliphatic rings. The largest absolute Gasteiger partial charge is 0.464 e. The van der Waals surface area contributed by atoms with Crippen LogP contribution >= 0.6 is 0 Å².